The van der Waals surface area contributed by atoms with Gasteiger partial charge in [0.15, 0.2) is 5.82 Å². The molecule has 6 nitrogen and oxygen atoms in total. The quantitative estimate of drug-likeness (QED) is 0.738. The molecule has 0 aromatic heterocycles. The van der Waals surface area contributed by atoms with Gasteiger partial charge in [-0.2, -0.15) is 4.72 Å². The molecule has 0 fully saturated rings. The van der Waals surface area contributed by atoms with Crippen molar-refractivity contribution in [3.8, 4) is 0 Å². The molecule has 9 heteroatoms. The third kappa shape index (κ3) is 3.63. The SMILES string of the molecule is C[C@@H](O)[C@H](NS(=O)(=O)c1cccc(Cl)c1F)C(=O)O. The van der Waals surface area contributed by atoms with E-state index in [9.17, 15) is 22.7 Å². The third-order valence-corrected chi connectivity index (χ3v) is 3.99. The van der Waals surface area contributed by atoms with E-state index in [1.54, 1.807) is 4.72 Å². The summed E-state index contributed by atoms with van der Waals surface area (Å²) in [6.45, 7) is 1.09. The number of aliphatic hydroxyl groups excluding tert-OH is 1. The first-order valence-electron chi connectivity index (χ1n) is 5.04. The smallest absolute Gasteiger partial charge is 0.324 e. The van der Waals surface area contributed by atoms with Gasteiger partial charge in [-0.25, -0.2) is 12.8 Å². The normalized spacial score (nSPS) is 14.9. The van der Waals surface area contributed by atoms with Crippen molar-refractivity contribution in [2.45, 2.75) is 24.0 Å². The van der Waals surface area contributed by atoms with Crippen LogP contribution in [0.3, 0.4) is 0 Å². The minimum absolute atomic E-state index is 0.410. The summed E-state index contributed by atoms with van der Waals surface area (Å²) in [5, 5.41) is 17.5. The second-order valence-electron chi connectivity index (χ2n) is 3.73. The molecule has 19 heavy (non-hydrogen) atoms. The molecule has 106 valence electrons. The molecular weight excluding hydrogens is 301 g/mol. The number of hydrogen-bond acceptors (Lipinski definition) is 4. The number of benzene rings is 1. The predicted molar refractivity (Wildman–Crippen MR) is 64.8 cm³/mol. The molecular formula is C10H11ClFNO5S. The van der Waals surface area contributed by atoms with Crippen LogP contribution in [0, 0.1) is 5.82 Å². The Labute approximate surface area is 113 Å². The van der Waals surface area contributed by atoms with Crippen LogP contribution in [-0.4, -0.2) is 36.7 Å². The van der Waals surface area contributed by atoms with Gasteiger partial charge in [-0.3, -0.25) is 4.79 Å². The minimum atomic E-state index is -4.45. The molecule has 0 spiro atoms. The fourth-order valence-electron chi connectivity index (χ4n) is 1.28. The van der Waals surface area contributed by atoms with Crippen molar-refractivity contribution in [2.75, 3.05) is 0 Å². The fraction of sp³-hybridized carbons (Fsp3) is 0.300. The first kappa shape index (κ1) is 15.8. The molecule has 0 bridgehead atoms. The molecule has 1 aromatic carbocycles. The van der Waals surface area contributed by atoms with Crippen molar-refractivity contribution in [3.63, 3.8) is 0 Å². The van der Waals surface area contributed by atoms with Crippen LogP contribution in [0.1, 0.15) is 6.92 Å². The minimum Gasteiger partial charge on any atom is -0.480 e. The van der Waals surface area contributed by atoms with Crippen LogP contribution in [0.4, 0.5) is 4.39 Å². The van der Waals surface area contributed by atoms with E-state index in [-0.39, 0.29) is 0 Å². The molecule has 1 aromatic rings. The van der Waals surface area contributed by atoms with Gasteiger partial charge in [-0.15, -0.1) is 0 Å². The Kier molecular flexibility index (Phi) is 4.86. The van der Waals surface area contributed by atoms with Crippen LogP contribution < -0.4 is 4.72 Å². The van der Waals surface area contributed by atoms with Crippen LogP contribution >= 0.6 is 11.6 Å². The number of aliphatic carboxylic acids is 1. The first-order valence-corrected chi connectivity index (χ1v) is 6.90. The molecule has 0 amide bonds. The molecule has 0 saturated carbocycles. The van der Waals surface area contributed by atoms with E-state index >= 15 is 0 Å². The topological polar surface area (TPSA) is 104 Å². The monoisotopic (exact) mass is 311 g/mol. The van der Waals surface area contributed by atoms with Crippen molar-refractivity contribution in [1.29, 1.82) is 0 Å². The molecule has 0 unspecified atom stereocenters. The maximum atomic E-state index is 13.6. The Hall–Kier alpha value is -1.22. The van der Waals surface area contributed by atoms with Gasteiger partial charge in [0.1, 0.15) is 10.9 Å². The van der Waals surface area contributed by atoms with E-state index in [0.717, 1.165) is 19.1 Å². The summed E-state index contributed by atoms with van der Waals surface area (Å²) in [4.78, 5) is 10.0. The molecule has 0 saturated heterocycles. The largest absolute Gasteiger partial charge is 0.480 e. The van der Waals surface area contributed by atoms with E-state index in [1.807, 2.05) is 0 Å². The van der Waals surface area contributed by atoms with Gasteiger partial charge in [0, 0.05) is 0 Å². The number of carbonyl (C=O) groups is 1. The van der Waals surface area contributed by atoms with Gasteiger partial charge >= 0.3 is 5.97 Å². The summed E-state index contributed by atoms with van der Waals surface area (Å²) in [6.07, 6.45) is -1.49. The lowest BCUT2D eigenvalue weighted by molar-refractivity contribution is -0.141. The number of hydrogen-bond donors (Lipinski definition) is 3. The Morgan fingerprint density at radius 2 is 2.05 bits per heavy atom. The highest BCUT2D eigenvalue weighted by atomic mass is 35.5. The Bertz CT molecular complexity index is 590. The van der Waals surface area contributed by atoms with Gasteiger partial charge in [0.2, 0.25) is 10.0 Å². The molecule has 0 aliphatic heterocycles. The predicted octanol–water partition coefficient (Wildman–Crippen LogP) is 0.591. The third-order valence-electron chi connectivity index (χ3n) is 2.24. The van der Waals surface area contributed by atoms with Gasteiger partial charge in [-0.05, 0) is 19.1 Å². The van der Waals surface area contributed by atoms with Crippen molar-refractivity contribution >= 4 is 27.6 Å². The zero-order valence-electron chi connectivity index (χ0n) is 9.67. The molecule has 0 aliphatic carbocycles. The van der Waals surface area contributed by atoms with E-state index in [1.165, 1.54) is 6.07 Å². The summed E-state index contributed by atoms with van der Waals surface area (Å²) in [6, 6.07) is 1.50. The summed E-state index contributed by atoms with van der Waals surface area (Å²) in [7, 11) is -4.45. The highest BCUT2D eigenvalue weighted by Crippen LogP contribution is 2.22. The molecule has 1 rings (SSSR count). The summed E-state index contributed by atoms with van der Waals surface area (Å²) < 4.78 is 39.0. The number of carboxylic acid groups (broad SMARTS) is 1. The van der Waals surface area contributed by atoms with E-state index in [4.69, 9.17) is 16.7 Å². The summed E-state index contributed by atoms with van der Waals surface area (Å²) >= 11 is 5.45. The van der Waals surface area contributed by atoms with Crippen LogP contribution in [0.15, 0.2) is 23.1 Å². The Balaban J connectivity index is 3.18. The second kappa shape index (κ2) is 5.83. The van der Waals surface area contributed by atoms with E-state index < -0.39 is 43.9 Å². The number of halogens is 2. The van der Waals surface area contributed by atoms with Gasteiger partial charge in [-0.1, -0.05) is 17.7 Å². The summed E-state index contributed by atoms with van der Waals surface area (Å²) in [5.41, 5.74) is 0. The lowest BCUT2D eigenvalue weighted by atomic mass is 10.2. The Morgan fingerprint density at radius 1 is 1.47 bits per heavy atom. The molecule has 0 radical (unpaired) electrons. The molecule has 0 aliphatic rings. The van der Waals surface area contributed by atoms with Crippen LogP contribution in [0.25, 0.3) is 0 Å². The molecule has 2 atom stereocenters. The fourth-order valence-corrected chi connectivity index (χ4v) is 2.87. The van der Waals surface area contributed by atoms with Crippen LogP contribution in [-0.2, 0) is 14.8 Å². The average molecular weight is 312 g/mol. The average Bonchev–Trinajstić information content (AvgIpc) is 2.28. The van der Waals surface area contributed by atoms with Crippen molar-refractivity contribution in [2.24, 2.45) is 0 Å². The highest BCUT2D eigenvalue weighted by molar-refractivity contribution is 7.89. The zero-order chi connectivity index (χ0) is 14.8. The second-order valence-corrected chi connectivity index (χ2v) is 5.82. The van der Waals surface area contributed by atoms with Crippen molar-refractivity contribution in [3.05, 3.63) is 29.0 Å². The first-order chi connectivity index (χ1) is 8.66. The number of aliphatic hydroxyl groups is 1. The number of carboxylic acids is 1. The van der Waals surface area contributed by atoms with Crippen molar-refractivity contribution in [1.82, 2.24) is 4.72 Å². The molecule has 0 heterocycles. The lowest BCUT2D eigenvalue weighted by Gasteiger charge is -2.17. The van der Waals surface area contributed by atoms with E-state index in [0.29, 0.717) is 0 Å². The Morgan fingerprint density at radius 3 is 2.53 bits per heavy atom. The van der Waals surface area contributed by atoms with Gasteiger partial charge in [0.05, 0.1) is 11.1 Å². The van der Waals surface area contributed by atoms with Crippen LogP contribution in [0.2, 0.25) is 5.02 Å². The van der Waals surface area contributed by atoms with Gasteiger partial charge in [0.25, 0.3) is 0 Å². The standard InChI is InChI=1S/C10H11ClFNO5S/c1-5(14)9(10(15)16)13-19(17,18)7-4-2-3-6(11)8(7)12/h2-5,9,13-14H,1H3,(H,15,16)/t5-,9+/m1/s1. The maximum absolute atomic E-state index is 13.6. The number of rotatable bonds is 5. The van der Waals surface area contributed by atoms with Crippen molar-refractivity contribution < 1.29 is 27.8 Å². The summed E-state index contributed by atoms with van der Waals surface area (Å²) in [5.74, 6) is -2.77. The highest BCUT2D eigenvalue weighted by Gasteiger charge is 2.31. The molecule has 3 N–H and O–H groups in total. The van der Waals surface area contributed by atoms with Crippen LogP contribution in [0.5, 0.6) is 0 Å². The lowest BCUT2D eigenvalue weighted by Crippen LogP contribution is -2.47. The number of sulfonamides is 1. The van der Waals surface area contributed by atoms with E-state index in [2.05, 4.69) is 0 Å². The maximum Gasteiger partial charge on any atom is 0.324 e. The number of nitrogens with one attached hydrogen (secondary N) is 1. The zero-order valence-corrected chi connectivity index (χ0v) is 11.2. The van der Waals surface area contributed by atoms with Gasteiger partial charge < -0.3 is 10.2 Å².